The van der Waals surface area contributed by atoms with Crippen LogP contribution in [0.15, 0.2) is 23.8 Å². The minimum absolute atomic E-state index is 0.0102. The molecule has 21 heavy (non-hydrogen) atoms. The molecule has 110 valence electrons. The van der Waals surface area contributed by atoms with Crippen LogP contribution >= 0.6 is 11.3 Å². The highest BCUT2D eigenvalue weighted by Crippen LogP contribution is 2.29. The zero-order chi connectivity index (χ0) is 14.8. The van der Waals surface area contributed by atoms with Gasteiger partial charge in [0, 0.05) is 36.8 Å². The van der Waals surface area contributed by atoms with Crippen molar-refractivity contribution in [2.24, 2.45) is 0 Å². The van der Waals surface area contributed by atoms with Gasteiger partial charge in [0.2, 0.25) is 0 Å². The molecule has 1 saturated heterocycles. The van der Waals surface area contributed by atoms with Crippen LogP contribution in [-0.2, 0) is 0 Å². The van der Waals surface area contributed by atoms with E-state index in [0.29, 0.717) is 12.1 Å². The number of hydrogen-bond donors (Lipinski definition) is 2. The van der Waals surface area contributed by atoms with E-state index in [1.165, 1.54) is 11.3 Å². The maximum atomic E-state index is 12.3. The number of thiazole rings is 1. The van der Waals surface area contributed by atoms with Gasteiger partial charge in [0.25, 0.3) is 5.91 Å². The zero-order valence-electron chi connectivity index (χ0n) is 11.3. The summed E-state index contributed by atoms with van der Waals surface area (Å²) in [6.07, 6.45) is 5.26. The first-order valence-corrected chi connectivity index (χ1v) is 7.64. The van der Waals surface area contributed by atoms with Crippen molar-refractivity contribution >= 4 is 23.2 Å². The number of carbonyl (C=O) groups is 2. The molecule has 3 heterocycles. The lowest BCUT2D eigenvalue weighted by Crippen LogP contribution is -2.39. The largest absolute Gasteiger partial charge is 0.476 e. The van der Waals surface area contributed by atoms with Crippen molar-refractivity contribution in [3.05, 3.63) is 40.1 Å². The number of H-pyrrole nitrogens is 1. The monoisotopic (exact) mass is 305 g/mol. The summed E-state index contributed by atoms with van der Waals surface area (Å²) >= 11 is 1.36. The average molecular weight is 305 g/mol. The second-order valence-electron chi connectivity index (χ2n) is 5.07. The number of amides is 1. The van der Waals surface area contributed by atoms with E-state index in [1.54, 1.807) is 23.8 Å². The third-order valence-electron chi connectivity index (χ3n) is 3.64. The summed E-state index contributed by atoms with van der Waals surface area (Å²) in [6.45, 7) is 1.33. The summed E-state index contributed by atoms with van der Waals surface area (Å²) in [5.41, 5.74) is 0.741. The molecular weight excluding hydrogens is 290 g/mol. The normalized spacial score (nSPS) is 18.7. The van der Waals surface area contributed by atoms with Crippen molar-refractivity contribution in [1.29, 1.82) is 0 Å². The van der Waals surface area contributed by atoms with Gasteiger partial charge in [-0.05, 0) is 18.9 Å². The van der Waals surface area contributed by atoms with Crippen LogP contribution in [0.1, 0.15) is 44.6 Å². The Bertz CT molecular complexity index is 650. The fourth-order valence-electron chi connectivity index (χ4n) is 2.58. The van der Waals surface area contributed by atoms with Crippen molar-refractivity contribution in [2.75, 3.05) is 13.1 Å². The summed E-state index contributed by atoms with van der Waals surface area (Å²) in [6, 6.07) is 1.76. The molecular formula is C14H15N3O3S. The zero-order valence-corrected chi connectivity index (χ0v) is 12.1. The van der Waals surface area contributed by atoms with E-state index in [9.17, 15) is 9.59 Å². The summed E-state index contributed by atoms with van der Waals surface area (Å²) < 4.78 is 0. The number of piperidine rings is 1. The highest BCUT2D eigenvalue weighted by atomic mass is 32.1. The Balaban J connectivity index is 1.73. The molecule has 1 unspecified atom stereocenters. The number of hydrogen-bond acceptors (Lipinski definition) is 4. The highest BCUT2D eigenvalue weighted by molar-refractivity contribution is 7.09. The Morgan fingerprint density at radius 1 is 1.48 bits per heavy atom. The van der Waals surface area contributed by atoms with Crippen LogP contribution in [0.2, 0.25) is 0 Å². The van der Waals surface area contributed by atoms with E-state index >= 15 is 0 Å². The molecule has 0 radical (unpaired) electrons. The van der Waals surface area contributed by atoms with Gasteiger partial charge in [-0.15, -0.1) is 11.3 Å². The number of carboxylic acid groups (broad SMARTS) is 1. The number of aromatic amines is 1. The van der Waals surface area contributed by atoms with E-state index in [2.05, 4.69) is 9.97 Å². The molecule has 3 rings (SSSR count). The van der Waals surface area contributed by atoms with Crippen molar-refractivity contribution in [3.63, 3.8) is 0 Å². The number of aromatic carboxylic acids is 1. The molecule has 1 aliphatic heterocycles. The van der Waals surface area contributed by atoms with E-state index in [-0.39, 0.29) is 17.5 Å². The topological polar surface area (TPSA) is 86.3 Å². The number of nitrogens with one attached hydrogen (secondary N) is 1. The molecule has 0 aromatic carbocycles. The Morgan fingerprint density at radius 2 is 2.33 bits per heavy atom. The number of rotatable bonds is 3. The van der Waals surface area contributed by atoms with Crippen molar-refractivity contribution in [2.45, 2.75) is 18.8 Å². The lowest BCUT2D eigenvalue weighted by atomic mass is 9.98. The van der Waals surface area contributed by atoms with Crippen LogP contribution in [0.5, 0.6) is 0 Å². The molecule has 7 heteroatoms. The van der Waals surface area contributed by atoms with Gasteiger partial charge in [-0.3, -0.25) is 4.79 Å². The van der Waals surface area contributed by atoms with Crippen molar-refractivity contribution < 1.29 is 14.7 Å². The lowest BCUT2D eigenvalue weighted by Gasteiger charge is -2.31. The van der Waals surface area contributed by atoms with E-state index in [0.717, 1.165) is 24.4 Å². The number of carboxylic acids is 1. The molecule has 0 saturated carbocycles. The third-order valence-corrected chi connectivity index (χ3v) is 4.65. The molecule has 1 amide bonds. The Morgan fingerprint density at radius 3 is 3.00 bits per heavy atom. The van der Waals surface area contributed by atoms with Crippen LogP contribution in [-0.4, -0.2) is 44.9 Å². The van der Waals surface area contributed by atoms with Crippen LogP contribution in [0.4, 0.5) is 0 Å². The first-order valence-electron chi connectivity index (χ1n) is 6.76. The van der Waals surface area contributed by atoms with Gasteiger partial charge in [-0.1, -0.05) is 0 Å². The molecule has 1 fully saturated rings. The summed E-state index contributed by atoms with van der Waals surface area (Å²) in [7, 11) is 0. The Hall–Kier alpha value is -2.15. The minimum Gasteiger partial charge on any atom is -0.476 e. The number of nitrogens with zero attached hydrogens (tertiary/aromatic N) is 2. The summed E-state index contributed by atoms with van der Waals surface area (Å²) in [5, 5.41) is 11.3. The van der Waals surface area contributed by atoms with Crippen LogP contribution < -0.4 is 0 Å². The third kappa shape index (κ3) is 2.82. The predicted octanol–water partition coefficient (Wildman–Crippen LogP) is 2.19. The first kappa shape index (κ1) is 13.8. The Labute approximate surface area is 125 Å². The van der Waals surface area contributed by atoms with Gasteiger partial charge in [-0.25, -0.2) is 9.78 Å². The number of likely N-dealkylation sites (tertiary alicyclic amines) is 1. The van der Waals surface area contributed by atoms with Gasteiger partial charge in [0.15, 0.2) is 5.69 Å². The standard InChI is InChI=1S/C14H15N3O3S/c18-13(9-3-4-15-6-9)17-5-1-2-10(7-17)12-16-11(8-21-12)14(19)20/h3-4,6,8,10,15H,1-2,5,7H2,(H,19,20). The molecule has 2 N–H and O–H groups in total. The van der Waals surface area contributed by atoms with Gasteiger partial charge in [-0.2, -0.15) is 0 Å². The smallest absolute Gasteiger partial charge is 0.355 e. The quantitative estimate of drug-likeness (QED) is 0.910. The van der Waals surface area contributed by atoms with E-state index in [1.807, 2.05) is 4.90 Å². The number of aromatic nitrogens is 2. The van der Waals surface area contributed by atoms with Gasteiger partial charge >= 0.3 is 5.97 Å². The highest BCUT2D eigenvalue weighted by Gasteiger charge is 2.27. The Kier molecular flexibility index (Phi) is 3.74. The molecule has 2 aromatic heterocycles. The number of carbonyl (C=O) groups excluding carboxylic acids is 1. The SMILES string of the molecule is O=C(O)c1csc(C2CCCN(C(=O)c3cc[nH]c3)C2)n1. The molecule has 0 aliphatic carbocycles. The lowest BCUT2D eigenvalue weighted by molar-refractivity contribution is 0.0682. The van der Waals surface area contributed by atoms with Gasteiger partial charge in [0.1, 0.15) is 0 Å². The molecule has 1 aliphatic rings. The molecule has 0 bridgehead atoms. The first-order chi connectivity index (χ1) is 10.1. The maximum absolute atomic E-state index is 12.3. The van der Waals surface area contributed by atoms with Crippen molar-refractivity contribution in [3.8, 4) is 0 Å². The molecule has 2 aromatic rings. The second-order valence-corrected chi connectivity index (χ2v) is 5.96. The summed E-state index contributed by atoms with van der Waals surface area (Å²) in [4.78, 5) is 32.1. The average Bonchev–Trinajstić information content (AvgIpc) is 3.18. The second kappa shape index (κ2) is 5.69. The van der Waals surface area contributed by atoms with Crippen LogP contribution in [0, 0.1) is 0 Å². The molecule has 1 atom stereocenters. The van der Waals surface area contributed by atoms with Crippen LogP contribution in [0.3, 0.4) is 0 Å². The fraction of sp³-hybridized carbons (Fsp3) is 0.357. The van der Waals surface area contributed by atoms with Gasteiger partial charge in [0.05, 0.1) is 10.6 Å². The van der Waals surface area contributed by atoms with Crippen LogP contribution in [0.25, 0.3) is 0 Å². The molecule has 6 nitrogen and oxygen atoms in total. The van der Waals surface area contributed by atoms with Gasteiger partial charge < -0.3 is 15.0 Å². The van der Waals surface area contributed by atoms with E-state index in [4.69, 9.17) is 5.11 Å². The molecule has 0 spiro atoms. The minimum atomic E-state index is -1.01. The fourth-order valence-corrected chi connectivity index (χ4v) is 3.50. The predicted molar refractivity (Wildman–Crippen MR) is 77.7 cm³/mol. The maximum Gasteiger partial charge on any atom is 0.355 e. The van der Waals surface area contributed by atoms with E-state index < -0.39 is 5.97 Å². The summed E-state index contributed by atoms with van der Waals surface area (Å²) in [5.74, 6) is -0.871. The van der Waals surface area contributed by atoms with Crippen molar-refractivity contribution in [1.82, 2.24) is 14.9 Å².